The van der Waals surface area contributed by atoms with Crippen LogP contribution in [0.3, 0.4) is 0 Å². The van der Waals surface area contributed by atoms with Crippen LogP contribution in [0.4, 0.5) is 4.39 Å². The van der Waals surface area contributed by atoms with Crippen molar-refractivity contribution in [2.45, 2.75) is 32.9 Å². The number of hydrogen-bond donors (Lipinski definition) is 1. The van der Waals surface area contributed by atoms with Crippen LogP contribution in [0.2, 0.25) is 0 Å². The number of hydrogen-bond acceptors (Lipinski definition) is 3. The summed E-state index contributed by atoms with van der Waals surface area (Å²) < 4.78 is 19.2. The lowest BCUT2D eigenvalue weighted by Gasteiger charge is -2.30. The second-order valence-electron chi connectivity index (χ2n) is 7.23. The Bertz CT molecular complexity index is 1030. The smallest absolute Gasteiger partial charge is 0.261 e. The molecule has 2 amide bonds. The Morgan fingerprint density at radius 1 is 1.00 bits per heavy atom. The first kappa shape index (κ1) is 22.3. The minimum absolute atomic E-state index is 0.188. The minimum atomic E-state index is -0.645. The van der Waals surface area contributed by atoms with E-state index in [2.05, 4.69) is 5.32 Å². The maximum atomic E-state index is 13.3. The van der Waals surface area contributed by atoms with Crippen molar-refractivity contribution < 1.29 is 18.7 Å². The predicted molar refractivity (Wildman–Crippen MR) is 119 cm³/mol. The largest absolute Gasteiger partial charge is 0.483 e. The van der Waals surface area contributed by atoms with E-state index in [1.54, 1.807) is 12.1 Å². The Balaban J connectivity index is 1.81. The lowest BCUT2D eigenvalue weighted by Crippen LogP contribution is -2.50. The molecule has 5 nitrogen and oxygen atoms in total. The molecule has 3 aromatic carbocycles. The van der Waals surface area contributed by atoms with E-state index < -0.39 is 6.04 Å². The summed E-state index contributed by atoms with van der Waals surface area (Å²) in [5.74, 6) is -0.267. The number of carbonyl (C=O) groups excluding carboxylic acids is 2. The van der Waals surface area contributed by atoms with E-state index in [9.17, 15) is 14.0 Å². The quantitative estimate of drug-likeness (QED) is 0.559. The lowest BCUT2D eigenvalue weighted by atomic mass is 10.1. The molecule has 0 saturated carbocycles. The van der Waals surface area contributed by atoms with E-state index in [1.165, 1.54) is 17.0 Å². The molecule has 0 aliphatic heterocycles. The van der Waals surface area contributed by atoms with Gasteiger partial charge in [-0.2, -0.15) is 0 Å². The summed E-state index contributed by atoms with van der Waals surface area (Å²) >= 11 is 0. The van der Waals surface area contributed by atoms with Crippen LogP contribution in [-0.2, 0) is 16.1 Å². The molecule has 3 rings (SSSR count). The van der Waals surface area contributed by atoms with Crippen molar-refractivity contribution in [3.63, 3.8) is 0 Å². The third kappa shape index (κ3) is 5.60. The second-order valence-corrected chi connectivity index (χ2v) is 7.23. The molecule has 6 heteroatoms. The van der Waals surface area contributed by atoms with Crippen LogP contribution in [0.15, 0.2) is 66.7 Å². The molecule has 0 heterocycles. The highest BCUT2D eigenvalue weighted by atomic mass is 19.1. The molecule has 0 aromatic heterocycles. The van der Waals surface area contributed by atoms with Gasteiger partial charge in [0.15, 0.2) is 6.61 Å². The molecular formula is C25H27FN2O3. The fraction of sp³-hybridized carbons (Fsp3) is 0.280. The van der Waals surface area contributed by atoms with Gasteiger partial charge in [-0.15, -0.1) is 0 Å². The molecule has 0 aliphatic rings. The van der Waals surface area contributed by atoms with Gasteiger partial charge in [-0.25, -0.2) is 4.39 Å². The topological polar surface area (TPSA) is 58.6 Å². The van der Waals surface area contributed by atoms with Gasteiger partial charge in [-0.3, -0.25) is 9.59 Å². The van der Waals surface area contributed by atoms with Crippen molar-refractivity contribution in [1.29, 1.82) is 0 Å². The van der Waals surface area contributed by atoms with E-state index in [0.717, 1.165) is 16.3 Å². The van der Waals surface area contributed by atoms with Crippen molar-refractivity contribution in [2.75, 3.05) is 13.2 Å². The van der Waals surface area contributed by atoms with E-state index in [4.69, 9.17) is 4.74 Å². The molecule has 162 valence electrons. The molecule has 0 spiro atoms. The zero-order chi connectivity index (χ0) is 22.2. The summed E-state index contributed by atoms with van der Waals surface area (Å²) in [5, 5.41) is 4.72. The summed E-state index contributed by atoms with van der Waals surface area (Å²) in [4.78, 5) is 27.3. The monoisotopic (exact) mass is 422 g/mol. The first-order valence-corrected chi connectivity index (χ1v) is 10.5. The molecule has 0 saturated heterocycles. The highest BCUT2D eigenvalue weighted by molar-refractivity contribution is 5.90. The number of benzene rings is 3. The zero-order valence-corrected chi connectivity index (χ0v) is 17.8. The van der Waals surface area contributed by atoms with E-state index >= 15 is 0 Å². The SMILES string of the molecule is CCNC(=O)[C@@H](CC)N(Cc1ccc(F)cc1)C(=O)COc1cccc2ccccc12. The van der Waals surface area contributed by atoms with Crippen molar-refractivity contribution in [2.24, 2.45) is 0 Å². The summed E-state index contributed by atoms with van der Waals surface area (Å²) in [6.45, 7) is 4.15. The molecule has 1 N–H and O–H groups in total. The van der Waals surface area contributed by atoms with Crippen LogP contribution in [-0.4, -0.2) is 35.9 Å². The normalized spacial score (nSPS) is 11.7. The molecular weight excluding hydrogens is 395 g/mol. The van der Waals surface area contributed by atoms with Crippen LogP contribution in [0, 0.1) is 5.82 Å². The molecule has 0 radical (unpaired) electrons. The highest BCUT2D eigenvalue weighted by Crippen LogP contribution is 2.25. The molecule has 1 atom stereocenters. The number of carbonyl (C=O) groups is 2. The van der Waals surface area contributed by atoms with Gasteiger partial charge in [-0.05, 0) is 42.5 Å². The Hall–Kier alpha value is -3.41. The summed E-state index contributed by atoms with van der Waals surface area (Å²) in [7, 11) is 0. The number of ether oxygens (including phenoxy) is 1. The molecule has 31 heavy (non-hydrogen) atoms. The number of nitrogens with zero attached hydrogens (tertiary/aromatic N) is 1. The highest BCUT2D eigenvalue weighted by Gasteiger charge is 2.28. The van der Waals surface area contributed by atoms with Crippen LogP contribution in [0.25, 0.3) is 10.8 Å². The Kier molecular flexibility index (Phi) is 7.60. The maximum Gasteiger partial charge on any atom is 0.261 e. The van der Waals surface area contributed by atoms with Gasteiger partial charge >= 0.3 is 0 Å². The number of amides is 2. The number of likely N-dealkylation sites (N-methyl/N-ethyl adjacent to an activating group) is 1. The summed E-state index contributed by atoms with van der Waals surface area (Å²) in [6.07, 6.45) is 0.451. The summed E-state index contributed by atoms with van der Waals surface area (Å²) in [5.41, 5.74) is 0.739. The van der Waals surface area contributed by atoms with Gasteiger partial charge in [0.05, 0.1) is 0 Å². The molecule has 3 aromatic rings. The average molecular weight is 423 g/mol. The van der Waals surface area contributed by atoms with Crippen LogP contribution in [0.1, 0.15) is 25.8 Å². The van der Waals surface area contributed by atoms with E-state index in [-0.39, 0.29) is 30.8 Å². The van der Waals surface area contributed by atoms with Gasteiger partial charge in [0, 0.05) is 18.5 Å². The molecule has 0 fully saturated rings. The fourth-order valence-corrected chi connectivity index (χ4v) is 3.54. The first-order chi connectivity index (χ1) is 15.0. The van der Waals surface area contributed by atoms with Crippen molar-refractivity contribution in [1.82, 2.24) is 10.2 Å². The van der Waals surface area contributed by atoms with Gasteiger partial charge in [0.25, 0.3) is 5.91 Å². The van der Waals surface area contributed by atoms with E-state index in [1.807, 2.05) is 56.3 Å². The van der Waals surface area contributed by atoms with Gasteiger partial charge in [-0.1, -0.05) is 55.5 Å². The maximum absolute atomic E-state index is 13.3. The van der Waals surface area contributed by atoms with Crippen LogP contribution >= 0.6 is 0 Å². The third-order valence-corrected chi connectivity index (χ3v) is 5.10. The number of nitrogens with one attached hydrogen (secondary N) is 1. The minimum Gasteiger partial charge on any atom is -0.483 e. The second kappa shape index (κ2) is 10.6. The van der Waals surface area contributed by atoms with Gasteiger partial charge in [0.2, 0.25) is 5.91 Å². The van der Waals surface area contributed by atoms with E-state index in [0.29, 0.717) is 18.7 Å². The molecule has 0 aliphatic carbocycles. The van der Waals surface area contributed by atoms with Crippen LogP contribution in [0.5, 0.6) is 5.75 Å². The van der Waals surface area contributed by atoms with Gasteiger partial charge in [0.1, 0.15) is 17.6 Å². The fourth-order valence-electron chi connectivity index (χ4n) is 3.54. The Morgan fingerprint density at radius 2 is 1.71 bits per heavy atom. The average Bonchev–Trinajstić information content (AvgIpc) is 2.78. The number of rotatable bonds is 9. The molecule has 0 unspecified atom stereocenters. The van der Waals surface area contributed by atoms with Gasteiger partial charge < -0.3 is 15.0 Å². The summed E-state index contributed by atoms with van der Waals surface area (Å²) in [6, 6.07) is 18.7. The van der Waals surface area contributed by atoms with Crippen LogP contribution < -0.4 is 10.1 Å². The third-order valence-electron chi connectivity index (χ3n) is 5.10. The number of fused-ring (bicyclic) bond motifs is 1. The van der Waals surface area contributed by atoms with Crippen molar-refractivity contribution in [3.05, 3.63) is 78.1 Å². The lowest BCUT2D eigenvalue weighted by molar-refractivity contribution is -0.142. The molecule has 0 bridgehead atoms. The standard InChI is InChI=1S/C25H27FN2O3/c1-3-22(25(30)27-4-2)28(16-18-12-14-20(26)15-13-18)24(29)17-31-23-11-7-9-19-8-5-6-10-21(19)23/h5-15,22H,3-4,16-17H2,1-2H3,(H,27,30)/t22-/m1/s1. The van der Waals surface area contributed by atoms with Crippen molar-refractivity contribution >= 4 is 22.6 Å². The Morgan fingerprint density at radius 3 is 2.42 bits per heavy atom. The predicted octanol–water partition coefficient (Wildman–Crippen LogP) is 4.30. The number of halogens is 1. The first-order valence-electron chi connectivity index (χ1n) is 10.5. The zero-order valence-electron chi connectivity index (χ0n) is 17.8. The van der Waals surface area contributed by atoms with Crippen molar-refractivity contribution in [3.8, 4) is 5.75 Å². The Labute approximate surface area is 181 Å².